The van der Waals surface area contributed by atoms with Gasteiger partial charge in [-0.3, -0.25) is 4.57 Å². The lowest BCUT2D eigenvalue weighted by Gasteiger charge is -2.39. The van der Waals surface area contributed by atoms with Gasteiger partial charge < -0.3 is 9.42 Å². The van der Waals surface area contributed by atoms with Crippen LogP contribution in [0.15, 0.2) is 0 Å². The van der Waals surface area contributed by atoms with Crippen LogP contribution in [-0.4, -0.2) is 23.9 Å². The van der Waals surface area contributed by atoms with E-state index >= 15 is 0 Å². The van der Waals surface area contributed by atoms with E-state index in [2.05, 4.69) is 4.52 Å². The summed E-state index contributed by atoms with van der Waals surface area (Å²) < 4.78 is 17.1. The van der Waals surface area contributed by atoms with Crippen LogP contribution in [-0.2, 0) is 9.09 Å². The minimum absolute atomic E-state index is 0.0618. The number of hydrogen-bond donors (Lipinski definition) is 0. The van der Waals surface area contributed by atoms with Gasteiger partial charge in [0.1, 0.15) is 0 Å². The van der Waals surface area contributed by atoms with Gasteiger partial charge in [0.25, 0.3) is 0 Å². The van der Waals surface area contributed by atoms with Gasteiger partial charge in [-0.25, -0.2) is 4.67 Å². The van der Waals surface area contributed by atoms with Gasteiger partial charge in [0.15, 0.2) is 0 Å². The molecule has 0 bridgehead atoms. The Morgan fingerprint density at radius 1 is 1.25 bits per heavy atom. The van der Waals surface area contributed by atoms with Crippen molar-refractivity contribution in [3.05, 3.63) is 0 Å². The Bertz CT molecular complexity index is 173. The molecule has 0 radical (unpaired) electrons. The molecular weight excluding hydrogens is 177 g/mol. The van der Waals surface area contributed by atoms with Crippen molar-refractivity contribution in [3.8, 4) is 0 Å². The van der Waals surface area contributed by atoms with Crippen LogP contribution in [0.3, 0.4) is 0 Å². The molecular formula is C7H17NO3P-. The highest BCUT2D eigenvalue weighted by atomic mass is 31.2. The highest BCUT2D eigenvalue weighted by molar-refractivity contribution is 7.48. The van der Waals surface area contributed by atoms with Crippen molar-refractivity contribution in [1.29, 1.82) is 0 Å². The van der Waals surface area contributed by atoms with Crippen LogP contribution in [0.1, 0.15) is 27.7 Å². The minimum Gasteiger partial charge on any atom is -0.766 e. The Morgan fingerprint density at radius 3 is 1.67 bits per heavy atom. The molecule has 0 spiro atoms. The summed E-state index contributed by atoms with van der Waals surface area (Å²) in [5.74, 6) is 0. The Balaban J connectivity index is 4.63. The third kappa shape index (κ3) is 2.87. The molecule has 0 aromatic rings. The van der Waals surface area contributed by atoms with Crippen molar-refractivity contribution in [2.24, 2.45) is 0 Å². The van der Waals surface area contributed by atoms with Gasteiger partial charge >= 0.3 is 0 Å². The molecule has 0 N–H and O–H groups in total. The fourth-order valence-corrected chi connectivity index (χ4v) is 2.58. The van der Waals surface area contributed by atoms with Crippen LogP contribution in [0.5, 0.6) is 0 Å². The standard InChI is InChI=1S/C7H18NO3P/c1-6(2)8(7(3)4)12(9,10)11-5/h6-7H,1-5H3,(H,9,10)/p-1. The molecule has 0 aromatic heterocycles. The summed E-state index contributed by atoms with van der Waals surface area (Å²) in [5, 5.41) is 0. The van der Waals surface area contributed by atoms with E-state index < -0.39 is 7.75 Å². The molecule has 0 fully saturated rings. The molecule has 0 amide bonds. The SMILES string of the molecule is COP(=O)([O-])N(C(C)C)C(C)C. The average Bonchev–Trinajstić information content (AvgIpc) is 1.84. The summed E-state index contributed by atoms with van der Waals surface area (Å²) in [4.78, 5) is 11.3. The molecule has 4 nitrogen and oxygen atoms in total. The van der Waals surface area contributed by atoms with Crippen LogP contribution < -0.4 is 4.89 Å². The topological polar surface area (TPSA) is 52.6 Å². The van der Waals surface area contributed by atoms with Gasteiger partial charge in [0, 0.05) is 19.2 Å². The Kier molecular flexibility index (Phi) is 4.42. The van der Waals surface area contributed by atoms with Gasteiger partial charge in [0.05, 0.1) is 0 Å². The lowest BCUT2D eigenvalue weighted by molar-refractivity contribution is -0.213. The zero-order valence-corrected chi connectivity index (χ0v) is 9.17. The summed E-state index contributed by atoms with van der Waals surface area (Å²) in [6, 6.07) is -0.124. The van der Waals surface area contributed by atoms with Crippen LogP contribution in [0, 0.1) is 0 Å². The molecule has 0 heterocycles. The maximum atomic E-state index is 11.3. The van der Waals surface area contributed by atoms with Gasteiger partial charge in [0.2, 0.25) is 7.75 Å². The predicted octanol–water partition coefficient (Wildman–Crippen LogP) is 1.22. The van der Waals surface area contributed by atoms with E-state index in [0.29, 0.717) is 0 Å². The molecule has 74 valence electrons. The van der Waals surface area contributed by atoms with Crippen molar-refractivity contribution in [1.82, 2.24) is 4.67 Å². The number of nitrogens with zero attached hydrogens (tertiary/aromatic N) is 1. The molecule has 5 heteroatoms. The van der Waals surface area contributed by atoms with Crippen molar-refractivity contribution in [2.45, 2.75) is 39.8 Å². The van der Waals surface area contributed by atoms with Crippen LogP contribution >= 0.6 is 7.75 Å². The second-order valence-electron chi connectivity index (χ2n) is 3.22. The fourth-order valence-electron chi connectivity index (χ4n) is 1.26. The first kappa shape index (κ1) is 12.1. The highest BCUT2D eigenvalue weighted by Gasteiger charge is 2.24. The maximum Gasteiger partial charge on any atom is 0.207 e. The molecule has 0 aliphatic heterocycles. The Morgan fingerprint density at radius 2 is 1.58 bits per heavy atom. The molecule has 12 heavy (non-hydrogen) atoms. The lowest BCUT2D eigenvalue weighted by atomic mass is 10.3. The first-order valence-electron chi connectivity index (χ1n) is 3.98. The van der Waals surface area contributed by atoms with E-state index in [4.69, 9.17) is 0 Å². The van der Waals surface area contributed by atoms with E-state index in [9.17, 15) is 9.46 Å². The van der Waals surface area contributed by atoms with Gasteiger partial charge in [-0.1, -0.05) is 0 Å². The summed E-state index contributed by atoms with van der Waals surface area (Å²) in [6.07, 6.45) is 0. The Labute approximate surface area is 74.1 Å². The molecule has 0 aromatic carbocycles. The first-order chi connectivity index (χ1) is 5.33. The van der Waals surface area contributed by atoms with Crippen molar-refractivity contribution < 1.29 is 14.0 Å². The van der Waals surface area contributed by atoms with Gasteiger partial charge in [-0.15, -0.1) is 0 Å². The Hall–Kier alpha value is 0.110. The van der Waals surface area contributed by atoms with E-state index in [-0.39, 0.29) is 12.1 Å². The van der Waals surface area contributed by atoms with E-state index in [1.165, 1.54) is 11.8 Å². The molecule has 0 saturated carbocycles. The van der Waals surface area contributed by atoms with Crippen molar-refractivity contribution in [2.75, 3.05) is 7.11 Å². The molecule has 0 saturated heterocycles. The third-order valence-electron chi connectivity index (χ3n) is 1.57. The van der Waals surface area contributed by atoms with Crippen LogP contribution in [0.4, 0.5) is 0 Å². The minimum atomic E-state index is -3.81. The van der Waals surface area contributed by atoms with Crippen LogP contribution in [0.25, 0.3) is 0 Å². The second kappa shape index (κ2) is 4.38. The quantitative estimate of drug-likeness (QED) is 0.631. The van der Waals surface area contributed by atoms with Crippen LogP contribution in [0.2, 0.25) is 0 Å². The van der Waals surface area contributed by atoms with Crippen molar-refractivity contribution >= 4 is 7.75 Å². The number of hydrogen-bond acceptors (Lipinski definition) is 3. The number of rotatable bonds is 4. The van der Waals surface area contributed by atoms with E-state index in [0.717, 1.165) is 0 Å². The third-order valence-corrected chi connectivity index (χ3v) is 3.52. The predicted molar refractivity (Wildman–Crippen MR) is 46.7 cm³/mol. The summed E-state index contributed by atoms with van der Waals surface area (Å²) >= 11 is 0. The first-order valence-corrected chi connectivity index (χ1v) is 5.48. The zero-order valence-electron chi connectivity index (χ0n) is 8.27. The normalized spacial score (nSPS) is 17.4. The average molecular weight is 194 g/mol. The van der Waals surface area contributed by atoms with E-state index in [1.54, 1.807) is 0 Å². The monoisotopic (exact) mass is 194 g/mol. The highest BCUT2D eigenvalue weighted by Crippen LogP contribution is 2.43. The largest absolute Gasteiger partial charge is 0.766 e. The summed E-state index contributed by atoms with van der Waals surface area (Å²) in [5.41, 5.74) is 0. The lowest BCUT2D eigenvalue weighted by Crippen LogP contribution is -2.38. The van der Waals surface area contributed by atoms with Gasteiger partial charge in [-0.05, 0) is 27.7 Å². The van der Waals surface area contributed by atoms with Crippen molar-refractivity contribution in [3.63, 3.8) is 0 Å². The smallest absolute Gasteiger partial charge is 0.207 e. The fraction of sp³-hybridized carbons (Fsp3) is 1.00. The second-order valence-corrected chi connectivity index (χ2v) is 4.98. The molecule has 0 aliphatic rings. The maximum absolute atomic E-state index is 11.3. The van der Waals surface area contributed by atoms with E-state index in [1.807, 2.05) is 27.7 Å². The summed E-state index contributed by atoms with van der Waals surface area (Å²) in [7, 11) is -2.63. The zero-order chi connectivity index (χ0) is 9.94. The molecule has 0 rings (SSSR count). The van der Waals surface area contributed by atoms with Gasteiger partial charge in [-0.2, -0.15) is 0 Å². The summed E-state index contributed by atoms with van der Waals surface area (Å²) in [6.45, 7) is 7.29. The molecule has 1 atom stereocenters. The molecule has 1 unspecified atom stereocenters. The molecule has 0 aliphatic carbocycles.